The molecule has 0 spiro atoms. The van der Waals surface area contributed by atoms with Crippen LogP contribution >= 0.6 is 0 Å². The Kier molecular flexibility index (Phi) is 13.1. The zero-order valence-corrected chi connectivity index (χ0v) is 21.0. The van der Waals surface area contributed by atoms with Crippen molar-refractivity contribution in [2.75, 3.05) is 19.6 Å². The first-order valence-electron chi connectivity index (χ1n) is 11.9. The molecule has 0 aliphatic carbocycles. The van der Waals surface area contributed by atoms with E-state index in [1.54, 1.807) is 18.0 Å². The molecule has 0 radical (unpaired) electrons. The van der Waals surface area contributed by atoms with Crippen molar-refractivity contribution in [1.29, 1.82) is 0 Å². The molecule has 0 aromatic heterocycles. The standard InChI is InChI=1S/C28H40F3N3/c1-7-10-15-26(28(29,30)31)18-23(5)20-34(9-3)21-24(6)33-27(13-8-2)25-14-11-12-16-32-19-22(4)17-25/h9-11,13-15,17-18,21,23,32-33H,3-4,7-8,12,16,19-20H2,1-2,5-6H3/b14-11-,15-10-,24-21+,25-17+,26-18+,27-13-. The minimum absolute atomic E-state index is 0.332. The van der Waals surface area contributed by atoms with Crippen LogP contribution in [0.5, 0.6) is 0 Å². The van der Waals surface area contributed by atoms with Crippen LogP contribution in [0.4, 0.5) is 13.2 Å². The van der Waals surface area contributed by atoms with E-state index >= 15 is 0 Å². The van der Waals surface area contributed by atoms with Crippen LogP contribution in [0.1, 0.15) is 47.0 Å². The van der Waals surface area contributed by atoms with E-state index in [1.807, 2.05) is 20.0 Å². The average molecular weight is 476 g/mol. The van der Waals surface area contributed by atoms with E-state index < -0.39 is 11.7 Å². The highest BCUT2D eigenvalue weighted by Crippen LogP contribution is 2.28. The van der Waals surface area contributed by atoms with E-state index in [1.165, 1.54) is 12.2 Å². The van der Waals surface area contributed by atoms with Crippen LogP contribution in [-0.4, -0.2) is 30.7 Å². The summed E-state index contributed by atoms with van der Waals surface area (Å²) < 4.78 is 40.0. The first-order chi connectivity index (χ1) is 16.1. The van der Waals surface area contributed by atoms with Crippen molar-refractivity contribution in [2.45, 2.75) is 53.1 Å². The summed E-state index contributed by atoms with van der Waals surface area (Å²) in [5, 5.41) is 6.80. The van der Waals surface area contributed by atoms with Gasteiger partial charge in [-0.15, -0.1) is 0 Å². The van der Waals surface area contributed by atoms with Crippen molar-refractivity contribution in [3.05, 3.63) is 96.2 Å². The summed E-state index contributed by atoms with van der Waals surface area (Å²) in [6.07, 6.45) is 13.8. The Bertz CT molecular complexity index is 855. The number of rotatable bonds is 11. The van der Waals surface area contributed by atoms with E-state index in [0.29, 0.717) is 13.0 Å². The highest BCUT2D eigenvalue weighted by molar-refractivity contribution is 5.44. The summed E-state index contributed by atoms with van der Waals surface area (Å²) in [5.74, 6) is -0.332. The van der Waals surface area contributed by atoms with Crippen LogP contribution in [0.15, 0.2) is 96.2 Å². The van der Waals surface area contributed by atoms with E-state index in [2.05, 4.69) is 55.0 Å². The van der Waals surface area contributed by atoms with Gasteiger partial charge >= 0.3 is 6.18 Å². The maximum absolute atomic E-state index is 13.3. The average Bonchev–Trinajstić information content (AvgIpc) is 2.86. The van der Waals surface area contributed by atoms with Gasteiger partial charge in [0.1, 0.15) is 0 Å². The SMILES string of the molecule is C=CN(/C=C(\C)NC(=C\CC)/C1=C/C(=C)CNCC/C=C\1)CC(C)/C=C(\C=C/CC)C(F)(F)F. The molecule has 34 heavy (non-hydrogen) atoms. The van der Waals surface area contributed by atoms with Crippen LogP contribution in [0, 0.1) is 5.92 Å². The monoisotopic (exact) mass is 475 g/mol. The van der Waals surface area contributed by atoms with Gasteiger partial charge in [0.25, 0.3) is 0 Å². The highest BCUT2D eigenvalue weighted by Gasteiger charge is 2.31. The molecular weight excluding hydrogens is 435 g/mol. The van der Waals surface area contributed by atoms with Gasteiger partial charge in [-0.3, -0.25) is 0 Å². The minimum atomic E-state index is -4.37. The van der Waals surface area contributed by atoms with E-state index in [9.17, 15) is 13.2 Å². The van der Waals surface area contributed by atoms with Gasteiger partial charge in [-0.05, 0) is 62.1 Å². The summed E-state index contributed by atoms with van der Waals surface area (Å²) in [5.41, 5.74) is 3.25. The molecule has 0 bridgehead atoms. The fraction of sp³-hybridized carbons (Fsp3) is 0.429. The second-order valence-electron chi connectivity index (χ2n) is 8.38. The largest absolute Gasteiger partial charge is 0.416 e. The topological polar surface area (TPSA) is 27.3 Å². The van der Waals surface area contributed by atoms with Gasteiger partial charge < -0.3 is 15.5 Å². The second-order valence-corrected chi connectivity index (χ2v) is 8.38. The molecule has 1 rings (SSSR count). The maximum atomic E-state index is 13.3. The van der Waals surface area contributed by atoms with Crippen molar-refractivity contribution >= 4 is 0 Å². The van der Waals surface area contributed by atoms with Crippen LogP contribution in [0.25, 0.3) is 0 Å². The van der Waals surface area contributed by atoms with E-state index in [0.717, 1.165) is 54.5 Å². The van der Waals surface area contributed by atoms with Crippen LogP contribution < -0.4 is 10.6 Å². The van der Waals surface area contributed by atoms with Crippen LogP contribution in [0.2, 0.25) is 0 Å². The molecule has 6 heteroatoms. The number of halogens is 3. The normalized spacial score (nSPS) is 20.1. The maximum Gasteiger partial charge on any atom is 0.416 e. The number of allylic oxidation sites excluding steroid dienone is 6. The van der Waals surface area contributed by atoms with Crippen molar-refractivity contribution in [3.63, 3.8) is 0 Å². The molecule has 3 nitrogen and oxygen atoms in total. The molecule has 0 saturated heterocycles. The molecule has 1 atom stereocenters. The van der Waals surface area contributed by atoms with E-state index in [-0.39, 0.29) is 5.92 Å². The summed E-state index contributed by atoms with van der Waals surface area (Å²) in [7, 11) is 0. The molecule has 1 heterocycles. The first-order valence-corrected chi connectivity index (χ1v) is 11.9. The summed E-state index contributed by atoms with van der Waals surface area (Å²) in [4.78, 5) is 1.81. The Hall–Kier alpha value is -2.73. The van der Waals surface area contributed by atoms with Crippen molar-refractivity contribution in [3.8, 4) is 0 Å². The smallest absolute Gasteiger partial charge is 0.358 e. The number of hydrogen-bond donors (Lipinski definition) is 2. The van der Waals surface area contributed by atoms with Gasteiger partial charge in [-0.2, -0.15) is 13.2 Å². The predicted molar refractivity (Wildman–Crippen MR) is 139 cm³/mol. The molecule has 1 aliphatic rings. The molecule has 0 aromatic rings. The number of nitrogens with zero attached hydrogens (tertiary/aromatic N) is 1. The fourth-order valence-corrected chi connectivity index (χ4v) is 3.43. The third-order valence-corrected chi connectivity index (χ3v) is 4.97. The Morgan fingerprint density at radius 2 is 2.03 bits per heavy atom. The summed E-state index contributed by atoms with van der Waals surface area (Å²) in [6, 6.07) is 0. The molecule has 0 aromatic carbocycles. The van der Waals surface area contributed by atoms with Crippen molar-refractivity contribution in [1.82, 2.24) is 15.5 Å². The lowest BCUT2D eigenvalue weighted by molar-refractivity contribution is -0.0886. The van der Waals surface area contributed by atoms with Crippen LogP contribution in [0.3, 0.4) is 0 Å². The molecule has 0 amide bonds. The summed E-state index contributed by atoms with van der Waals surface area (Å²) in [6.45, 7) is 17.6. The summed E-state index contributed by atoms with van der Waals surface area (Å²) >= 11 is 0. The van der Waals surface area contributed by atoms with E-state index in [4.69, 9.17) is 0 Å². The molecule has 0 fully saturated rings. The van der Waals surface area contributed by atoms with Crippen molar-refractivity contribution in [2.24, 2.45) is 5.92 Å². The Morgan fingerprint density at radius 3 is 2.65 bits per heavy atom. The molecule has 1 unspecified atom stereocenters. The van der Waals surface area contributed by atoms with Gasteiger partial charge in [0.05, 0.1) is 5.57 Å². The van der Waals surface area contributed by atoms with Gasteiger partial charge in [-0.1, -0.05) is 70.4 Å². The third kappa shape index (κ3) is 11.4. The van der Waals surface area contributed by atoms with Gasteiger partial charge in [0, 0.05) is 30.7 Å². The first kappa shape index (κ1) is 29.3. The van der Waals surface area contributed by atoms with Crippen LogP contribution in [-0.2, 0) is 0 Å². The molecule has 0 saturated carbocycles. The zero-order chi connectivity index (χ0) is 25.6. The van der Waals surface area contributed by atoms with Crippen molar-refractivity contribution < 1.29 is 13.2 Å². The Morgan fingerprint density at radius 1 is 1.29 bits per heavy atom. The zero-order valence-electron chi connectivity index (χ0n) is 21.0. The lowest BCUT2D eigenvalue weighted by Gasteiger charge is -2.22. The number of alkyl halides is 3. The van der Waals surface area contributed by atoms with Gasteiger partial charge in [0.15, 0.2) is 0 Å². The minimum Gasteiger partial charge on any atom is -0.358 e. The second kappa shape index (κ2) is 15.2. The molecule has 2 N–H and O–H groups in total. The quantitative estimate of drug-likeness (QED) is 0.307. The lowest BCUT2D eigenvalue weighted by atomic mass is 10.1. The van der Waals surface area contributed by atoms with Gasteiger partial charge in [0.2, 0.25) is 0 Å². The number of hydrogen-bond acceptors (Lipinski definition) is 3. The molecule has 188 valence electrons. The fourth-order valence-electron chi connectivity index (χ4n) is 3.43. The Balaban J connectivity index is 3.04. The predicted octanol–water partition coefficient (Wildman–Crippen LogP) is 7.30. The lowest BCUT2D eigenvalue weighted by Crippen LogP contribution is -2.22. The number of nitrogens with one attached hydrogen (secondary N) is 2. The third-order valence-electron chi connectivity index (χ3n) is 4.97. The molecule has 1 aliphatic heterocycles. The highest BCUT2D eigenvalue weighted by atomic mass is 19.4. The Labute approximate surface area is 203 Å². The molecular formula is C28H40F3N3. The van der Waals surface area contributed by atoms with Gasteiger partial charge in [-0.25, -0.2) is 0 Å².